The smallest absolute Gasteiger partial charge is 0.410 e. The van der Waals surface area contributed by atoms with Gasteiger partial charge in [-0.1, -0.05) is 11.6 Å². The van der Waals surface area contributed by atoms with Crippen molar-refractivity contribution in [2.24, 2.45) is 0 Å². The van der Waals surface area contributed by atoms with Gasteiger partial charge in [0, 0.05) is 18.2 Å². The van der Waals surface area contributed by atoms with E-state index < -0.39 is 5.60 Å². The van der Waals surface area contributed by atoms with Gasteiger partial charge in [0.1, 0.15) is 5.60 Å². The molecule has 0 radical (unpaired) electrons. The van der Waals surface area contributed by atoms with Gasteiger partial charge in [0.15, 0.2) is 11.0 Å². The summed E-state index contributed by atoms with van der Waals surface area (Å²) in [5.41, 5.74) is 0.690. The Morgan fingerprint density at radius 1 is 1.20 bits per heavy atom. The quantitative estimate of drug-likeness (QED) is 0.764. The molecule has 0 saturated carbocycles. The summed E-state index contributed by atoms with van der Waals surface area (Å²) in [6.07, 6.45) is 4.95. The molecule has 3 aliphatic heterocycles. The lowest BCUT2D eigenvalue weighted by atomic mass is 9.96. The maximum absolute atomic E-state index is 12.8. The van der Waals surface area contributed by atoms with Crippen molar-refractivity contribution in [2.45, 2.75) is 76.6 Å². The van der Waals surface area contributed by atoms with Gasteiger partial charge in [0.2, 0.25) is 0 Å². The van der Waals surface area contributed by atoms with E-state index in [-0.39, 0.29) is 18.2 Å². The molecule has 1 amide bonds. The molecule has 4 heterocycles. The standard InChI is InChI=1S/C18H25ClN4O2/c1-18(2,3)25-17(24)23-12-4-6-13(14(23)7-5-12)22-9-8-11-10-15(19)20-21-16(11)22/h10,12-14H,4-9H2,1-3H3/t12-,13-,14-/m0/s1. The summed E-state index contributed by atoms with van der Waals surface area (Å²) in [5.74, 6) is 0.934. The molecule has 0 spiro atoms. The van der Waals surface area contributed by atoms with E-state index in [1.165, 1.54) is 0 Å². The number of anilines is 1. The SMILES string of the molecule is CC(C)(C)OC(=O)N1[C@H]2CC[C@H](N3CCc4cc(Cl)nnc43)[C@@H]1CC2. The topological polar surface area (TPSA) is 58.6 Å². The van der Waals surface area contributed by atoms with Crippen molar-refractivity contribution in [3.8, 4) is 0 Å². The summed E-state index contributed by atoms with van der Waals surface area (Å²) in [6.45, 7) is 6.68. The number of halogens is 1. The first-order valence-corrected chi connectivity index (χ1v) is 9.51. The van der Waals surface area contributed by atoms with E-state index in [0.717, 1.165) is 50.0 Å². The van der Waals surface area contributed by atoms with Gasteiger partial charge >= 0.3 is 6.09 Å². The van der Waals surface area contributed by atoms with Crippen LogP contribution in [-0.4, -0.2) is 51.5 Å². The normalized spacial score (nSPS) is 28.2. The van der Waals surface area contributed by atoms with Crippen LogP contribution in [0.1, 0.15) is 52.0 Å². The second-order valence-corrected chi connectivity index (χ2v) is 8.68. The number of rotatable bonds is 1. The fourth-order valence-electron chi connectivity index (χ4n) is 4.58. The van der Waals surface area contributed by atoms with Crippen LogP contribution in [0.4, 0.5) is 10.6 Å². The number of amides is 1. The predicted molar refractivity (Wildman–Crippen MR) is 96.0 cm³/mol. The molecule has 0 aromatic carbocycles. The highest BCUT2D eigenvalue weighted by Crippen LogP contribution is 2.41. The van der Waals surface area contributed by atoms with Crippen LogP contribution in [0.5, 0.6) is 0 Å². The van der Waals surface area contributed by atoms with Crippen molar-refractivity contribution < 1.29 is 9.53 Å². The number of carbonyl (C=O) groups is 1. The highest BCUT2D eigenvalue weighted by Gasteiger charge is 2.49. The third-order valence-corrected chi connectivity index (χ3v) is 5.69. The Hall–Kier alpha value is -1.56. The third kappa shape index (κ3) is 3.05. The zero-order valence-electron chi connectivity index (χ0n) is 15.0. The van der Waals surface area contributed by atoms with Crippen molar-refractivity contribution in [1.82, 2.24) is 15.1 Å². The molecule has 0 N–H and O–H groups in total. The fourth-order valence-corrected chi connectivity index (χ4v) is 4.75. The van der Waals surface area contributed by atoms with Crippen molar-refractivity contribution in [1.29, 1.82) is 0 Å². The number of piperidine rings is 1. The Morgan fingerprint density at radius 2 is 1.92 bits per heavy atom. The van der Waals surface area contributed by atoms with Gasteiger partial charge < -0.3 is 14.5 Å². The molecule has 2 bridgehead atoms. The number of hydrogen-bond donors (Lipinski definition) is 0. The average molecular weight is 365 g/mol. The molecule has 3 aliphatic rings. The first-order valence-electron chi connectivity index (χ1n) is 9.13. The number of nitrogens with zero attached hydrogens (tertiary/aromatic N) is 4. The lowest BCUT2D eigenvalue weighted by molar-refractivity contribution is 0.00465. The first kappa shape index (κ1) is 16.9. The molecule has 136 valence electrons. The van der Waals surface area contributed by atoms with Crippen LogP contribution in [0.15, 0.2) is 6.07 Å². The van der Waals surface area contributed by atoms with Crippen molar-refractivity contribution in [2.75, 3.05) is 11.4 Å². The summed E-state index contributed by atoms with van der Waals surface area (Å²) in [6, 6.07) is 2.70. The number of hydrogen-bond acceptors (Lipinski definition) is 5. The minimum absolute atomic E-state index is 0.175. The number of aromatic nitrogens is 2. The van der Waals surface area contributed by atoms with Gasteiger partial charge in [-0.3, -0.25) is 0 Å². The summed E-state index contributed by atoms with van der Waals surface area (Å²) in [4.78, 5) is 17.1. The Morgan fingerprint density at radius 3 is 2.64 bits per heavy atom. The van der Waals surface area contributed by atoms with E-state index in [0.29, 0.717) is 11.2 Å². The maximum Gasteiger partial charge on any atom is 0.410 e. The van der Waals surface area contributed by atoms with E-state index >= 15 is 0 Å². The van der Waals surface area contributed by atoms with Crippen LogP contribution < -0.4 is 4.90 Å². The lowest BCUT2D eigenvalue weighted by Crippen LogP contribution is -2.57. The Kier molecular flexibility index (Phi) is 4.06. The second kappa shape index (κ2) is 6.01. The van der Waals surface area contributed by atoms with Crippen molar-refractivity contribution >= 4 is 23.5 Å². The van der Waals surface area contributed by atoms with Crippen LogP contribution in [0.2, 0.25) is 5.15 Å². The van der Waals surface area contributed by atoms with Gasteiger partial charge in [0.25, 0.3) is 0 Å². The van der Waals surface area contributed by atoms with Crippen LogP contribution in [0.25, 0.3) is 0 Å². The third-order valence-electron chi connectivity index (χ3n) is 5.51. The van der Waals surface area contributed by atoms with E-state index in [1.807, 2.05) is 31.7 Å². The van der Waals surface area contributed by atoms with E-state index in [2.05, 4.69) is 15.1 Å². The minimum atomic E-state index is -0.466. The summed E-state index contributed by atoms with van der Waals surface area (Å²) >= 11 is 5.98. The molecule has 0 aliphatic carbocycles. The Bertz CT molecular complexity index is 690. The Labute approximate surface area is 153 Å². The van der Waals surface area contributed by atoms with Gasteiger partial charge in [-0.25, -0.2) is 4.79 Å². The highest BCUT2D eigenvalue weighted by molar-refractivity contribution is 6.29. The van der Waals surface area contributed by atoms with Crippen LogP contribution in [-0.2, 0) is 11.2 Å². The minimum Gasteiger partial charge on any atom is -0.444 e. The van der Waals surface area contributed by atoms with Gasteiger partial charge in [0.05, 0.1) is 12.1 Å². The molecular formula is C18H25ClN4O2. The molecule has 2 saturated heterocycles. The van der Waals surface area contributed by atoms with Gasteiger partial charge in [-0.05, 0) is 58.9 Å². The highest BCUT2D eigenvalue weighted by atomic mass is 35.5. The fraction of sp³-hybridized carbons (Fsp3) is 0.722. The number of fused-ring (bicyclic) bond motifs is 3. The largest absolute Gasteiger partial charge is 0.444 e. The Balaban J connectivity index is 1.58. The zero-order valence-corrected chi connectivity index (χ0v) is 15.8. The number of ether oxygens (including phenoxy) is 1. The van der Waals surface area contributed by atoms with Crippen molar-refractivity contribution in [3.05, 3.63) is 16.8 Å². The lowest BCUT2D eigenvalue weighted by Gasteiger charge is -2.44. The van der Waals surface area contributed by atoms with Crippen LogP contribution >= 0.6 is 11.6 Å². The molecule has 0 unspecified atom stereocenters. The van der Waals surface area contributed by atoms with Crippen molar-refractivity contribution in [3.63, 3.8) is 0 Å². The van der Waals surface area contributed by atoms with E-state index in [9.17, 15) is 4.79 Å². The monoisotopic (exact) mass is 364 g/mol. The predicted octanol–water partition coefficient (Wildman–Crippen LogP) is 3.42. The summed E-state index contributed by atoms with van der Waals surface area (Å²) < 4.78 is 5.68. The van der Waals surface area contributed by atoms with E-state index in [1.54, 1.807) is 0 Å². The summed E-state index contributed by atoms with van der Waals surface area (Å²) in [7, 11) is 0. The van der Waals surface area contributed by atoms with E-state index in [4.69, 9.17) is 16.3 Å². The molecule has 4 rings (SSSR count). The first-order chi connectivity index (χ1) is 11.8. The van der Waals surface area contributed by atoms with Gasteiger partial charge in [-0.15, -0.1) is 10.2 Å². The average Bonchev–Trinajstić information content (AvgIpc) is 3.06. The number of carbonyl (C=O) groups excluding carboxylic acids is 1. The van der Waals surface area contributed by atoms with Gasteiger partial charge in [-0.2, -0.15) is 0 Å². The second-order valence-electron chi connectivity index (χ2n) is 8.29. The zero-order chi connectivity index (χ0) is 17.8. The molecule has 6 nitrogen and oxygen atoms in total. The molecule has 1 aromatic heterocycles. The molecule has 1 aromatic rings. The molecule has 3 atom stereocenters. The van der Waals surface area contributed by atoms with Crippen LogP contribution in [0.3, 0.4) is 0 Å². The maximum atomic E-state index is 12.8. The molecule has 7 heteroatoms. The molecule has 2 fully saturated rings. The molecule has 25 heavy (non-hydrogen) atoms. The van der Waals surface area contributed by atoms with Crippen LogP contribution in [0, 0.1) is 0 Å². The molecular weight excluding hydrogens is 340 g/mol. The summed E-state index contributed by atoms with van der Waals surface area (Å²) in [5, 5.41) is 8.81.